The lowest BCUT2D eigenvalue weighted by Gasteiger charge is -2.32. The molecule has 2 aliphatic rings. The van der Waals surface area contributed by atoms with Gasteiger partial charge in [-0.2, -0.15) is 0 Å². The third kappa shape index (κ3) is 1.33. The molecule has 0 bridgehead atoms. The van der Waals surface area contributed by atoms with Crippen LogP contribution < -0.4 is 5.32 Å². The predicted molar refractivity (Wildman–Crippen MR) is 63.8 cm³/mol. The Morgan fingerprint density at radius 3 is 2.81 bits per heavy atom. The molecule has 1 spiro atoms. The highest BCUT2D eigenvalue weighted by molar-refractivity contribution is 8.01. The highest BCUT2D eigenvalue weighted by Crippen LogP contribution is 2.53. The van der Waals surface area contributed by atoms with E-state index >= 15 is 0 Å². The fourth-order valence-electron chi connectivity index (χ4n) is 2.48. The van der Waals surface area contributed by atoms with E-state index in [0.717, 1.165) is 36.3 Å². The number of nitrogens with one attached hydrogen (secondary N) is 1. The molecule has 0 aromatic heterocycles. The second-order valence-corrected chi connectivity index (χ2v) is 5.81. The molecule has 1 heterocycles. The van der Waals surface area contributed by atoms with Crippen molar-refractivity contribution < 1.29 is 9.90 Å². The van der Waals surface area contributed by atoms with Crippen molar-refractivity contribution >= 4 is 23.4 Å². The minimum Gasteiger partial charge on any atom is -0.507 e. The number of carbonyl (C=O) groups excluding carboxylic acids is 1. The van der Waals surface area contributed by atoms with Crippen molar-refractivity contribution in [3.63, 3.8) is 0 Å². The summed E-state index contributed by atoms with van der Waals surface area (Å²) < 4.78 is -0.328. The first-order valence-corrected chi connectivity index (χ1v) is 6.35. The van der Waals surface area contributed by atoms with E-state index in [1.165, 1.54) is 11.8 Å². The van der Waals surface area contributed by atoms with Crippen molar-refractivity contribution in [3.8, 4) is 5.75 Å². The molecule has 3 rings (SSSR count). The van der Waals surface area contributed by atoms with Crippen LogP contribution in [0.4, 0.5) is 5.69 Å². The molecular formula is C12H13NO2S. The van der Waals surface area contributed by atoms with Crippen LogP contribution in [0.5, 0.6) is 5.75 Å². The molecule has 3 nitrogen and oxygen atoms in total. The number of carbonyl (C=O) groups is 1. The molecule has 84 valence electrons. The maximum atomic E-state index is 12.1. The Morgan fingerprint density at radius 2 is 2.06 bits per heavy atom. The van der Waals surface area contributed by atoms with Gasteiger partial charge in [-0.3, -0.25) is 4.79 Å². The van der Waals surface area contributed by atoms with Crippen LogP contribution in [0, 0.1) is 0 Å². The minimum absolute atomic E-state index is 0.105. The Labute approximate surface area is 98.2 Å². The molecule has 1 aliphatic heterocycles. The third-order valence-corrected chi connectivity index (χ3v) is 4.98. The van der Waals surface area contributed by atoms with Gasteiger partial charge in [0.05, 0.1) is 15.3 Å². The van der Waals surface area contributed by atoms with E-state index in [-0.39, 0.29) is 16.4 Å². The van der Waals surface area contributed by atoms with Gasteiger partial charge in [-0.25, -0.2) is 0 Å². The van der Waals surface area contributed by atoms with Crippen molar-refractivity contribution in [2.45, 2.75) is 35.3 Å². The van der Waals surface area contributed by atoms with Crippen LogP contribution in [0.3, 0.4) is 0 Å². The molecule has 0 radical (unpaired) electrons. The average molecular weight is 235 g/mol. The molecule has 1 aliphatic carbocycles. The Morgan fingerprint density at radius 1 is 1.31 bits per heavy atom. The van der Waals surface area contributed by atoms with Crippen molar-refractivity contribution in [2.24, 2.45) is 0 Å². The van der Waals surface area contributed by atoms with Gasteiger partial charge in [0, 0.05) is 0 Å². The predicted octanol–water partition coefficient (Wildman–Crippen LogP) is 2.75. The van der Waals surface area contributed by atoms with Crippen LogP contribution in [0.15, 0.2) is 23.1 Å². The fourth-order valence-corrected chi connectivity index (χ4v) is 3.91. The zero-order valence-electron chi connectivity index (χ0n) is 8.82. The van der Waals surface area contributed by atoms with Gasteiger partial charge in [0.15, 0.2) is 0 Å². The van der Waals surface area contributed by atoms with Crippen LogP contribution in [-0.2, 0) is 4.79 Å². The normalized spacial score (nSPS) is 21.9. The van der Waals surface area contributed by atoms with Gasteiger partial charge < -0.3 is 10.4 Å². The first-order chi connectivity index (χ1) is 7.71. The second-order valence-electron chi connectivity index (χ2n) is 4.41. The van der Waals surface area contributed by atoms with Gasteiger partial charge in [-0.15, -0.1) is 11.8 Å². The summed E-state index contributed by atoms with van der Waals surface area (Å²) in [5, 5.41) is 12.7. The van der Waals surface area contributed by atoms with E-state index in [9.17, 15) is 9.90 Å². The maximum absolute atomic E-state index is 12.1. The monoisotopic (exact) mass is 235 g/mol. The first kappa shape index (κ1) is 10.0. The number of hydrogen-bond donors (Lipinski definition) is 2. The summed E-state index contributed by atoms with van der Waals surface area (Å²) in [4.78, 5) is 12.9. The molecule has 1 aromatic rings. The van der Waals surface area contributed by atoms with E-state index in [1.807, 2.05) is 6.07 Å². The smallest absolute Gasteiger partial charge is 0.241 e. The van der Waals surface area contributed by atoms with E-state index in [1.54, 1.807) is 12.1 Å². The lowest BCUT2D eigenvalue weighted by Crippen LogP contribution is -2.40. The van der Waals surface area contributed by atoms with Crippen LogP contribution in [0.25, 0.3) is 0 Å². The van der Waals surface area contributed by atoms with Crippen molar-refractivity contribution in [2.75, 3.05) is 5.32 Å². The summed E-state index contributed by atoms with van der Waals surface area (Å²) in [6.07, 6.45) is 4.03. The van der Waals surface area contributed by atoms with Crippen LogP contribution in [0.1, 0.15) is 25.7 Å². The molecular weight excluding hydrogens is 222 g/mol. The lowest BCUT2D eigenvalue weighted by molar-refractivity contribution is -0.118. The molecule has 1 amide bonds. The Balaban J connectivity index is 2.06. The maximum Gasteiger partial charge on any atom is 0.241 e. The SMILES string of the molecule is O=C1Nc2cccc(O)c2SC12CCCC2. The van der Waals surface area contributed by atoms with Gasteiger partial charge in [0.1, 0.15) is 5.75 Å². The Kier molecular flexibility index (Phi) is 2.14. The molecule has 4 heteroatoms. The summed E-state index contributed by atoms with van der Waals surface area (Å²) in [6.45, 7) is 0. The highest BCUT2D eigenvalue weighted by Gasteiger charge is 2.45. The van der Waals surface area contributed by atoms with Gasteiger partial charge >= 0.3 is 0 Å². The number of amides is 1. The summed E-state index contributed by atoms with van der Waals surface area (Å²) in [5.74, 6) is 0.377. The molecule has 1 aromatic carbocycles. The zero-order valence-corrected chi connectivity index (χ0v) is 9.64. The second kappa shape index (κ2) is 3.42. The topological polar surface area (TPSA) is 49.3 Å². The largest absolute Gasteiger partial charge is 0.507 e. The number of fused-ring (bicyclic) bond motifs is 1. The molecule has 0 unspecified atom stereocenters. The number of rotatable bonds is 0. The summed E-state index contributed by atoms with van der Waals surface area (Å²) in [7, 11) is 0. The Hall–Kier alpha value is -1.16. The summed E-state index contributed by atoms with van der Waals surface area (Å²) >= 11 is 1.54. The third-order valence-electron chi connectivity index (χ3n) is 3.36. The number of phenolic OH excluding ortho intramolecular Hbond substituents is 1. The van der Waals surface area contributed by atoms with Gasteiger partial charge in [0.25, 0.3) is 0 Å². The summed E-state index contributed by atoms with van der Waals surface area (Å²) in [6, 6.07) is 5.26. The van der Waals surface area contributed by atoms with E-state index in [0.29, 0.717) is 0 Å². The van der Waals surface area contributed by atoms with Crippen molar-refractivity contribution in [1.82, 2.24) is 0 Å². The standard InChI is InChI=1S/C12H13NO2S/c14-9-5-3-4-8-10(9)16-12(11(15)13-8)6-1-2-7-12/h3-5,14H,1-2,6-7H2,(H,13,15). The number of benzene rings is 1. The quantitative estimate of drug-likeness (QED) is 0.727. The van der Waals surface area contributed by atoms with Crippen molar-refractivity contribution in [3.05, 3.63) is 18.2 Å². The minimum atomic E-state index is -0.328. The molecule has 16 heavy (non-hydrogen) atoms. The fraction of sp³-hybridized carbons (Fsp3) is 0.417. The molecule has 2 N–H and O–H groups in total. The number of hydrogen-bond acceptors (Lipinski definition) is 3. The lowest BCUT2D eigenvalue weighted by atomic mass is 10.1. The van der Waals surface area contributed by atoms with Crippen LogP contribution in [-0.4, -0.2) is 15.8 Å². The molecule has 0 atom stereocenters. The Bertz CT molecular complexity index is 452. The first-order valence-electron chi connectivity index (χ1n) is 5.54. The zero-order chi connectivity index (χ0) is 11.2. The van der Waals surface area contributed by atoms with Gasteiger partial charge in [-0.05, 0) is 25.0 Å². The van der Waals surface area contributed by atoms with E-state index in [4.69, 9.17) is 0 Å². The van der Waals surface area contributed by atoms with Crippen molar-refractivity contribution in [1.29, 1.82) is 0 Å². The highest BCUT2D eigenvalue weighted by atomic mass is 32.2. The summed E-state index contributed by atoms with van der Waals surface area (Å²) in [5.41, 5.74) is 0.743. The van der Waals surface area contributed by atoms with E-state index in [2.05, 4.69) is 5.32 Å². The molecule has 0 saturated heterocycles. The van der Waals surface area contributed by atoms with Gasteiger partial charge in [0.2, 0.25) is 5.91 Å². The number of thioether (sulfide) groups is 1. The van der Waals surface area contributed by atoms with E-state index < -0.39 is 0 Å². The number of phenols is 1. The molecule has 1 saturated carbocycles. The van der Waals surface area contributed by atoms with Crippen LogP contribution in [0.2, 0.25) is 0 Å². The number of aromatic hydroxyl groups is 1. The number of anilines is 1. The molecule has 1 fully saturated rings. The average Bonchev–Trinajstić information content (AvgIpc) is 2.72. The van der Waals surface area contributed by atoms with Crippen LogP contribution >= 0.6 is 11.8 Å². The van der Waals surface area contributed by atoms with Gasteiger partial charge in [-0.1, -0.05) is 18.9 Å².